The Bertz CT molecular complexity index is 1680. The first-order valence-electron chi connectivity index (χ1n) is 22.9. The van der Waals surface area contributed by atoms with Crippen LogP contribution in [0.25, 0.3) is 0 Å². The van der Waals surface area contributed by atoms with Crippen molar-refractivity contribution in [3.8, 4) is 0 Å². The van der Waals surface area contributed by atoms with Crippen molar-refractivity contribution in [2.45, 2.75) is 97.2 Å². The maximum absolute atomic E-state index is 14.6. The fourth-order valence-corrected chi connectivity index (χ4v) is 7.69. The molecule has 2 aromatic rings. The SMILES string of the molecule is COCCOCCOCCO/N=C(/[C@H](CC(C)C)NC(=O)[C@@H](CC(=O)[C@H](CC(C)C)NC(=O)[C@H](CCc1ccccc1)CC(=O)CN1CCOCC1)Cc1ccccc1)[C@@]1(C)CO1. The van der Waals surface area contributed by atoms with Crippen molar-refractivity contribution in [1.29, 1.82) is 0 Å². The van der Waals surface area contributed by atoms with E-state index in [2.05, 4.69) is 34.5 Å². The van der Waals surface area contributed by atoms with Gasteiger partial charge in [0.15, 0.2) is 5.78 Å². The smallest absolute Gasteiger partial charge is 0.224 e. The summed E-state index contributed by atoms with van der Waals surface area (Å²) in [6.07, 6.45) is 2.31. The van der Waals surface area contributed by atoms with Gasteiger partial charge in [-0.15, -0.1) is 0 Å². The summed E-state index contributed by atoms with van der Waals surface area (Å²) in [6.45, 7) is 15.6. The summed E-state index contributed by atoms with van der Waals surface area (Å²) in [5.74, 6) is -1.98. The van der Waals surface area contributed by atoms with Gasteiger partial charge in [0.2, 0.25) is 11.8 Å². The summed E-state index contributed by atoms with van der Waals surface area (Å²) in [4.78, 5) is 64.6. The topological polar surface area (TPSA) is 167 Å². The van der Waals surface area contributed by atoms with E-state index in [1.54, 1.807) is 7.11 Å². The molecule has 0 aromatic heterocycles. The summed E-state index contributed by atoms with van der Waals surface area (Å²) < 4.78 is 27.4. The van der Waals surface area contributed by atoms with Crippen LogP contribution in [-0.2, 0) is 60.5 Å². The van der Waals surface area contributed by atoms with Gasteiger partial charge in [0.1, 0.15) is 23.7 Å². The van der Waals surface area contributed by atoms with Crippen LogP contribution in [0.15, 0.2) is 65.8 Å². The third kappa shape index (κ3) is 19.7. The Labute approximate surface area is 375 Å². The molecule has 4 rings (SSSR count). The lowest BCUT2D eigenvalue weighted by atomic mass is 9.87. The van der Waals surface area contributed by atoms with Crippen LogP contribution in [-0.4, -0.2) is 138 Å². The standard InChI is InChI=1S/C49H74N4O10/c1-36(2)29-43(50-47(56)40(18-17-38-13-9-7-10-14-38)32-42(54)34-53-19-21-59-22-20-53)45(55)33-41(31-39-15-11-8-12-16-39)48(57)51-44(30-37(3)4)46(49(5)35-62-49)52-63-28-27-61-26-25-60-24-23-58-6/h7-16,36-37,40-41,43-44H,17-35H2,1-6H3,(H,50,56)(H,51,57)/b52-46-/t40-,41-,43+,44+,49-/m1/s1. The number of nitrogens with zero attached hydrogens (tertiary/aromatic N) is 2. The Morgan fingerprint density at radius 3 is 1.90 bits per heavy atom. The van der Waals surface area contributed by atoms with Gasteiger partial charge < -0.3 is 39.2 Å². The predicted molar refractivity (Wildman–Crippen MR) is 242 cm³/mol. The number of hydrogen-bond acceptors (Lipinski definition) is 12. The molecule has 14 nitrogen and oxygen atoms in total. The molecule has 2 aliphatic heterocycles. The molecule has 2 amide bonds. The van der Waals surface area contributed by atoms with Gasteiger partial charge in [-0.3, -0.25) is 24.1 Å². The summed E-state index contributed by atoms with van der Waals surface area (Å²) in [5, 5.41) is 10.9. The van der Waals surface area contributed by atoms with Crippen molar-refractivity contribution in [2.24, 2.45) is 28.8 Å². The highest BCUT2D eigenvalue weighted by Gasteiger charge is 2.49. The molecule has 5 atom stereocenters. The van der Waals surface area contributed by atoms with Gasteiger partial charge in [-0.25, -0.2) is 0 Å². The molecule has 0 aliphatic carbocycles. The summed E-state index contributed by atoms with van der Waals surface area (Å²) in [6, 6.07) is 18.2. The van der Waals surface area contributed by atoms with Crippen molar-refractivity contribution >= 4 is 29.1 Å². The van der Waals surface area contributed by atoms with E-state index in [9.17, 15) is 19.2 Å². The lowest BCUT2D eigenvalue weighted by molar-refractivity contribution is -0.134. The molecule has 0 saturated carbocycles. The lowest BCUT2D eigenvalue weighted by Gasteiger charge is -2.28. The Morgan fingerprint density at radius 1 is 0.746 bits per heavy atom. The average Bonchev–Trinajstić information content (AvgIpc) is 4.01. The van der Waals surface area contributed by atoms with Crippen molar-refractivity contribution in [2.75, 3.05) is 86.2 Å². The predicted octanol–water partition coefficient (Wildman–Crippen LogP) is 5.25. The van der Waals surface area contributed by atoms with Gasteiger partial charge in [-0.2, -0.15) is 0 Å². The van der Waals surface area contributed by atoms with Crippen LogP contribution in [0, 0.1) is 23.7 Å². The maximum atomic E-state index is 14.6. The largest absolute Gasteiger partial charge is 0.393 e. The minimum atomic E-state index is -0.841. The maximum Gasteiger partial charge on any atom is 0.224 e. The molecular formula is C49H74N4O10. The molecule has 2 saturated heterocycles. The zero-order valence-corrected chi connectivity index (χ0v) is 38.6. The molecule has 350 valence electrons. The molecule has 2 aliphatic rings. The zero-order chi connectivity index (χ0) is 45.5. The van der Waals surface area contributed by atoms with E-state index >= 15 is 0 Å². The van der Waals surface area contributed by atoms with Crippen molar-refractivity contribution in [3.63, 3.8) is 0 Å². The van der Waals surface area contributed by atoms with Crippen LogP contribution in [0.5, 0.6) is 0 Å². The third-order valence-corrected chi connectivity index (χ3v) is 11.3. The second kappa shape index (κ2) is 28.0. The number of carbonyl (C=O) groups excluding carboxylic acids is 4. The average molecular weight is 879 g/mol. The Balaban J connectivity index is 1.50. The highest BCUT2D eigenvalue weighted by Crippen LogP contribution is 2.31. The molecule has 2 heterocycles. The minimum absolute atomic E-state index is 0.0148. The fraction of sp³-hybridized carbons (Fsp3) is 0.653. The number of ketones is 2. The Morgan fingerprint density at radius 2 is 1.30 bits per heavy atom. The second-order valence-corrected chi connectivity index (χ2v) is 17.8. The number of epoxide rings is 1. The number of amides is 2. The molecule has 14 heteroatoms. The Hall–Kier alpha value is -4.05. The monoisotopic (exact) mass is 879 g/mol. The van der Waals surface area contributed by atoms with Crippen LogP contribution in [0.1, 0.15) is 77.8 Å². The highest BCUT2D eigenvalue weighted by molar-refractivity contribution is 6.01. The quantitative estimate of drug-likeness (QED) is 0.0427. The number of ether oxygens (including phenoxy) is 5. The first-order chi connectivity index (χ1) is 30.4. The van der Waals surface area contributed by atoms with Crippen LogP contribution >= 0.6 is 0 Å². The van der Waals surface area contributed by atoms with Gasteiger partial charge in [0, 0.05) is 44.9 Å². The van der Waals surface area contributed by atoms with Gasteiger partial charge in [-0.1, -0.05) is 93.5 Å². The number of Topliss-reactive ketones (excluding diaryl/α,β-unsaturated/α-hetero) is 2. The van der Waals surface area contributed by atoms with Gasteiger partial charge in [-0.05, 0) is 62.0 Å². The lowest BCUT2D eigenvalue weighted by Crippen LogP contribution is -2.50. The normalized spacial score (nSPS) is 18.7. The number of nitrogens with one attached hydrogen (secondary N) is 2. The van der Waals surface area contributed by atoms with E-state index in [0.29, 0.717) is 104 Å². The number of rotatable bonds is 32. The molecule has 0 bridgehead atoms. The summed E-state index contributed by atoms with van der Waals surface area (Å²) in [7, 11) is 1.62. The molecule has 0 unspecified atom stereocenters. The van der Waals surface area contributed by atoms with Crippen molar-refractivity contribution < 1.29 is 47.7 Å². The number of aryl methyl sites for hydroxylation is 1. The molecule has 0 radical (unpaired) electrons. The zero-order valence-electron chi connectivity index (χ0n) is 38.6. The van der Waals surface area contributed by atoms with Crippen LogP contribution in [0.2, 0.25) is 0 Å². The van der Waals surface area contributed by atoms with Crippen LogP contribution < -0.4 is 10.6 Å². The second-order valence-electron chi connectivity index (χ2n) is 17.8. The third-order valence-electron chi connectivity index (χ3n) is 11.3. The van der Waals surface area contributed by atoms with Crippen molar-refractivity contribution in [1.82, 2.24) is 15.5 Å². The van der Waals surface area contributed by atoms with Gasteiger partial charge in [0.05, 0.1) is 71.5 Å². The number of morpholine rings is 1. The molecule has 2 fully saturated rings. The van der Waals surface area contributed by atoms with Gasteiger partial charge >= 0.3 is 0 Å². The number of methoxy groups -OCH3 is 1. The van der Waals surface area contributed by atoms with Crippen LogP contribution in [0.3, 0.4) is 0 Å². The number of hydrogen-bond donors (Lipinski definition) is 2. The molecule has 2 N–H and O–H groups in total. The van der Waals surface area contributed by atoms with Crippen molar-refractivity contribution in [3.05, 3.63) is 71.8 Å². The van der Waals surface area contributed by atoms with E-state index in [4.69, 9.17) is 28.5 Å². The molecular weight excluding hydrogens is 805 g/mol. The van der Waals surface area contributed by atoms with Crippen LogP contribution in [0.4, 0.5) is 0 Å². The molecule has 63 heavy (non-hydrogen) atoms. The van der Waals surface area contributed by atoms with E-state index in [1.165, 1.54) is 0 Å². The first kappa shape index (κ1) is 51.6. The summed E-state index contributed by atoms with van der Waals surface area (Å²) in [5.41, 5.74) is 1.85. The Kier molecular flexibility index (Phi) is 22.9. The van der Waals surface area contributed by atoms with E-state index in [-0.39, 0.29) is 61.2 Å². The van der Waals surface area contributed by atoms with E-state index in [0.717, 1.165) is 11.1 Å². The summed E-state index contributed by atoms with van der Waals surface area (Å²) >= 11 is 0. The number of oxime groups is 1. The molecule has 0 spiro atoms. The van der Waals surface area contributed by atoms with E-state index in [1.807, 2.05) is 81.4 Å². The number of benzene rings is 2. The highest BCUT2D eigenvalue weighted by atomic mass is 16.6. The first-order valence-corrected chi connectivity index (χ1v) is 22.9. The minimum Gasteiger partial charge on any atom is -0.393 e. The number of carbonyl (C=O) groups is 4. The molecule has 2 aromatic carbocycles. The van der Waals surface area contributed by atoms with Gasteiger partial charge in [0.25, 0.3) is 0 Å². The fourth-order valence-electron chi connectivity index (χ4n) is 7.69. The van der Waals surface area contributed by atoms with E-state index < -0.39 is 29.5 Å².